The summed E-state index contributed by atoms with van der Waals surface area (Å²) >= 11 is 0. The van der Waals surface area contributed by atoms with Gasteiger partial charge in [-0.1, -0.05) is 70.6 Å². The molecule has 2 heterocycles. The largest absolute Gasteiger partial charge is 0.390 e. The molecule has 3 unspecified atom stereocenters. The molecule has 8 N–H and O–H groups in total. The summed E-state index contributed by atoms with van der Waals surface area (Å²) in [4.78, 5) is 121. The van der Waals surface area contributed by atoms with Crippen molar-refractivity contribution in [1.29, 1.82) is 0 Å². The van der Waals surface area contributed by atoms with Gasteiger partial charge < -0.3 is 104 Å². The first-order chi connectivity index (χ1) is 58.0. The summed E-state index contributed by atoms with van der Waals surface area (Å²) < 4.78 is 107. The lowest BCUT2D eigenvalue weighted by atomic mass is 9.44. The summed E-state index contributed by atoms with van der Waals surface area (Å²) in [6.45, 7) is 16.3. The number of amides is 7. The van der Waals surface area contributed by atoms with Crippen LogP contribution in [-0.4, -0.2) is 310 Å². The summed E-state index contributed by atoms with van der Waals surface area (Å²) in [5.74, 6) is -0.673. The average molecular weight is 1720 g/mol. The third kappa shape index (κ3) is 29.4. The van der Waals surface area contributed by atoms with Gasteiger partial charge >= 0.3 is 0 Å². The van der Waals surface area contributed by atoms with Gasteiger partial charge in [-0.3, -0.25) is 43.2 Å². The van der Waals surface area contributed by atoms with E-state index in [1.54, 1.807) is 20.8 Å². The van der Waals surface area contributed by atoms with E-state index in [2.05, 4.69) is 80.5 Å². The van der Waals surface area contributed by atoms with Crippen LogP contribution in [0.25, 0.3) is 0 Å². The van der Waals surface area contributed by atoms with Crippen LogP contribution in [0.3, 0.4) is 0 Å². The number of halogens is 2. The number of unbranched alkanes of at least 4 members (excludes halogenated alkanes) is 1. The van der Waals surface area contributed by atoms with E-state index in [9.17, 15) is 43.5 Å². The SMILES string of the molecule is CCCC1O[C@@H]2C[C@H]3[C@@H]4C[C@H](F)C5=CC(=O)C=C[C@]5(C)[C@@]4(F)[C@@H](O)C[C@]3(C)[C@]2(C(=O)CNC(=O)[C@H](C)NC(=O)[C@@H](NC(=O)[C@@H](CCCCNC(=O)COC2CCCCCc3c2nnn3CCOCCOCCOCCOCCC(=O)NCC[N+](C)(C)C)NC(=O)CCOCCOCCOCCOCCNC(=O)COC2C#CCCCCC2)C(C)C)O1. The Morgan fingerprint density at radius 1 is 0.678 bits per heavy atom. The Balaban J connectivity index is 0.773. The van der Waals surface area contributed by atoms with Crippen LogP contribution in [0, 0.1) is 40.4 Å². The number of likely N-dealkylation sites (N-methyl/N-ethyl adjacent to an activating group) is 1. The van der Waals surface area contributed by atoms with Gasteiger partial charge in [-0.2, -0.15) is 0 Å². The number of alkyl halides is 2. The molecule has 35 heteroatoms. The fraction of sp³-hybridized carbons (Fsp3) is 0.802. The maximum absolute atomic E-state index is 18.2. The summed E-state index contributed by atoms with van der Waals surface area (Å²) in [7, 11) is 6.22. The Morgan fingerprint density at radius 3 is 1.95 bits per heavy atom. The zero-order chi connectivity index (χ0) is 87.4. The minimum absolute atomic E-state index is 0.0172. The number of hydrogen-bond donors (Lipinski definition) is 8. The molecule has 0 aromatic carbocycles. The number of carbonyl (C=O) groups is 9. The second-order valence-electron chi connectivity index (χ2n) is 34.2. The van der Waals surface area contributed by atoms with Crippen LogP contribution in [0.1, 0.15) is 181 Å². The molecular formula is C86H138F2N11O22+. The van der Waals surface area contributed by atoms with Gasteiger partial charge in [0, 0.05) is 49.1 Å². The first-order valence-corrected chi connectivity index (χ1v) is 43.9. The van der Waals surface area contributed by atoms with E-state index in [0.717, 1.165) is 80.6 Å². The third-order valence-corrected chi connectivity index (χ3v) is 23.9. The lowest BCUT2D eigenvalue weighted by molar-refractivity contribution is -0.869. The molecule has 8 rings (SSSR count). The number of nitrogens with one attached hydrogen (secondary N) is 7. The van der Waals surface area contributed by atoms with Crippen molar-refractivity contribution in [3.05, 3.63) is 35.2 Å². The number of carbonyl (C=O) groups excluding carboxylic acids is 9. The molecule has 1 aliphatic heterocycles. The molecule has 7 aliphatic rings. The number of ketones is 2. The molecule has 15 atom stereocenters. The number of aliphatic hydroxyl groups is 1. The number of allylic oxidation sites excluding steroid dienone is 4. The number of aromatic nitrogens is 3. The Labute approximate surface area is 711 Å². The van der Waals surface area contributed by atoms with E-state index in [4.69, 9.17) is 56.8 Å². The van der Waals surface area contributed by atoms with Crippen molar-refractivity contribution in [2.24, 2.45) is 28.6 Å². The maximum atomic E-state index is 18.2. The molecule has 6 aliphatic carbocycles. The molecular weight excluding hydrogens is 1580 g/mol. The van der Waals surface area contributed by atoms with Crippen LogP contribution in [0.4, 0.5) is 8.78 Å². The summed E-state index contributed by atoms with van der Waals surface area (Å²) in [5.41, 5.74) is -5.63. The molecule has 0 spiro atoms. The lowest BCUT2D eigenvalue weighted by Gasteiger charge is -2.63. The van der Waals surface area contributed by atoms with Crippen molar-refractivity contribution in [3.8, 4) is 11.8 Å². The lowest BCUT2D eigenvalue weighted by Crippen LogP contribution is -2.71. The van der Waals surface area contributed by atoms with Crippen molar-refractivity contribution in [2.75, 3.05) is 173 Å². The molecule has 1 aromatic rings. The molecule has 121 heavy (non-hydrogen) atoms. The zero-order valence-corrected chi connectivity index (χ0v) is 72.8. The van der Waals surface area contributed by atoms with E-state index in [1.807, 2.05) is 11.6 Å². The van der Waals surface area contributed by atoms with Crippen LogP contribution in [0.15, 0.2) is 23.8 Å². The number of rotatable bonds is 56. The maximum Gasteiger partial charge on any atom is 0.246 e. The van der Waals surface area contributed by atoms with E-state index in [0.29, 0.717) is 143 Å². The fourth-order valence-electron chi connectivity index (χ4n) is 17.3. The monoisotopic (exact) mass is 1710 g/mol. The summed E-state index contributed by atoms with van der Waals surface area (Å²) in [6, 6.07) is -3.69. The first kappa shape index (κ1) is 99.5. The van der Waals surface area contributed by atoms with Gasteiger partial charge in [-0.05, 0) is 127 Å². The Kier molecular flexibility index (Phi) is 41.4. The van der Waals surface area contributed by atoms with E-state index < -0.39 is 130 Å². The van der Waals surface area contributed by atoms with Crippen LogP contribution >= 0.6 is 0 Å². The van der Waals surface area contributed by atoms with Crippen molar-refractivity contribution < 1.29 is 118 Å². The molecule has 682 valence electrons. The van der Waals surface area contributed by atoms with Crippen molar-refractivity contribution in [1.82, 2.24) is 52.2 Å². The van der Waals surface area contributed by atoms with Gasteiger partial charge in [0.1, 0.15) is 55.4 Å². The van der Waals surface area contributed by atoms with E-state index >= 15 is 13.6 Å². The number of Topliss-reactive ketones (excluding diaryl/α,β-unsaturated/α-hetero) is 1. The summed E-state index contributed by atoms with van der Waals surface area (Å²) in [6.07, 6.45) is 8.22. The molecule has 0 radical (unpaired) electrons. The smallest absolute Gasteiger partial charge is 0.246 e. The quantitative estimate of drug-likeness (QED) is 0.0260. The highest BCUT2D eigenvalue weighted by molar-refractivity contribution is 6.01. The minimum atomic E-state index is -2.43. The summed E-state index contributed by atoms with van der Waals surface area (Å²) in [5, 5.41) is 40.5. The molecule has 4 fully saturated rings. The normalized spacial score (nSPS) is 26.3. The zero-order valence-electron chi connectivity index (χ0n) is 72.8. The number of aliphatic hydroxyl groups excluding tert-OH is 1. The fourth-order valence-corrected chi connectivity index (χ4v) is 17.3. The topological polar surface area (TPSA) is 400 Å². The second-order valence-corrected chi connectivity index (χ2v) is 34.2. The second kappa shape index (κ2) is 50.3. The molecule has 7 amide bonds. The Hall–Kier alpha value is -6.89. The number of nitrogens with zero attached hydrogens (tertiary/aromatic N) is 4. The van der Waals surface area contributed by atoms with Crippen LogP contribution in [-0.2, 0) is 113 Å². The van der Waals surface area contributed by atoms with Gasteiger partial charge in [-0.25, -0.2) is 13.5 Å². The molecule has 1 aromatic heterocycles. The average Bonchev–Trinajstić information content (AvgIpc) is 1.53. The minimum Gasteiger partial charge on any atom is -0.390 e. The third-order valence-electron chi connectivity index (χ3n) is 23.9. The van der Waals surface area contributed by atoms with Crippen molar-refractivity contribution in [3.63, 3.8) is 0 Å². The van der Waals surface area contributed by atoms with Gasteiger partial charge in [-0.15, -0.1) is 11.0 Å². The van der Waals surface area contributed by atoms with Crippen LogP contribution in [0.5, 0.6) is 0 Å². The molecule has 1 saturated heterocycles. The molecule has 0 bridgehead atoms. The highest BCUT2D eigenvalue weighted by atomic mass is 19.1. The molecule has 3 saturated carbocycles. The Morgan fingerprint density at radius 2 is 1.29 bits per heavy atom. The Bertz CT molecular complexity index is 3610. The molecule has 33 nitrogen and oxygen atoms in total. The first-order valence-electron chi connectivity index (χ1n) is 43.9. The number of quaternary nitrogens is 1. The van der Waals surface area contributed by atoms with Gasteiger partial charge in [0.25, 0.3) is 0 Å². The predicted molar refractivity (Wildman–Crippen MR) is 439 cm³/mol. The number of hydrogen-bond acceptors (Lipinski definition) is 24. The van der Waals surface area contributed by atoms with Crippen molar-refractivity contribution >= 4 is 52.9 Å². The van der Waals surface area contributed by atoms with Crippen LogP contribution < -0.4 is 37.2 Å². The standard InChI is InChI=1S/C86H137F2N11O22/c1-10-21-77-120-72-54-63-64-53-66(87)65-52-61(100)27-30-83(65,5)85(64,88)70(101)55-84(63,6)86(72,121-77)71(102)56-92-80(107)60(4)93-82(109)78(59(2)3)95-81(108)67(94-74(104)29-37-111-41-45-115-48-50-116-46-42-112-38-33-91-75(105)57-118-62-22-15-12-11-13-16-23-62)24-19-20-31-89-76(106)58-119-69-26-18-14-17-25-68-79(69)96-97-98(68)34-39-113-43-47-117-51-49-114-44-40-110-36-28-73(103)90-32-35-99(7,8)9/h27,30,52,59-60,62-64,66-67,69-70,72,77-78,101H,10-15,17-22,24-26,28-29,31-51,53-58H2,1-9H3,(H6-,89,90,91,92,93,94,95,103,104,105,106,107,108,109)/p+1/t60-,62?,63-,64-,66-,67+,69?,70-,72+,77?,78-,83-,84-,85-,86+/m0/s1. The van der Waals surface area contributed by atoms with E-state index in [-0.39, 0.29) is 108 Å². The predicted octanol–water partition coefficient (Wildman–Crippen LogP) is 3.97. The van der Waals surface area contributed by atoms with E-state index in [1.165, 1.54) is 26.0 Å². The van der Waals surface area contributed by atoms with Crippen molar-refractivity contribution in [2.45, 2.75) is 243 Å². The number of fused-ring (bicyclic) bond motifs is 8. The van der Waals surface area contributed by atoms with Gasteiger partial charge in [0.05, 0.1) is 171 Å². The van der Waals surface area contributed by atoms with Gasteiger partial charge in [0.15, 0.2) is 29.1 Å². The number of ether oxygens (including phenoxy) is 12. The highest BCUT2D eigenvalue weighted by Gasteiger charge is 2.80. The van der Waals surface area contributed by atoms with Gasteiger partial charge in [0.2, 0.25) is 41.4 Å². The highest BCUT2D eigenvalue weighted by Crippen LogP contribution is 2.72. The van der Waals surface area contributed by atoms with Crippen LogP contribution in [0.2, 0.25) is 0 Å².